The average Bonchev–Trinajstić information content (AvgIpc) is 3.01. The first-order chi connectivity index (χ1) is 9.19. The number of carbonyl (C=O) groups is 2. The van der Waals surface area contributed by atoms with Crippen molar-refractivity contribution in [3.05, 3.63) is 0 Å². The van der Waals surface area contributed by atoms with Crippen molar-refractivity contribution in [1.29, 1.82) is 0 Å². The number of amides is 2. The Labute approximate surface area is 114 Å². The van der Waals surface area contributed by atoms with Gasteiger partial charge in [-0.15, -0.1) is 0 Å². The van der Waals surface area contributed by atoms with E-state index in [4.69, 9.17) is 0 Å². The van der Waals surface area contributed by atoms with Gasteiger partial charge in [0.25, 0.3) is 0 Å². The Morgan fingerprint density at radius 3 is 2.58 bits per heavy atom. The monoisotopic (exact) mass is 265 g/mol. The predicted octanol–water partition coefficient (Wildman–Crippen LogP) is 0.211. The van der Waals surface area contributed by atoms with E-state index in [1.807, 2.05) is 4.90 Å². The molecule has 0 bridgehead atoms. The Hall–Kier alpha value is -1.10. The molecule has 3 rings (SSSR count). The van der Waals surface area contributed by atoms with Crippen LogP contribution in [0.15, 0.2) is 0 Å². The van der Waals surface area contributed by atoms with E-state index in [-0.39, 0.29) is 11.8 Å². The van der Waals surface area contributed by atoms with Gasteiger partial charge in [0.2, 0.25) is 11.8 Å². The second-order valence-electron chi connectivity index (χ2n) is 6.23. The van der Waals surface area contributed by atoms with Crippen LogP contribution in [0.2, 0.25) is 0 Å². The first-order valence-corrected chi connectivity index (χ1v) is 7.45. The number of nitrogens with zero attached hydrogens (tertiary/aromatic N) is 2. The van der Waals surface area contributed by atoms with Gasteiger partial charge in [-0.1, -0.05) is 0 Å². The van der Waals surface area contributed by atoms with Crippen molar-refractivity contribution in [2.75, 3.05) is 39.3 Å². The average molecular weight is 265 g/mol. The highest BCUT2D eigenvalue weighted by Crippen LogP contribution is 2.36. The molecule has 0 atom stereocenters. The van der Waals surface area contributed by atoms with Crippen LogP contribution in [-0.4, -0.2) is 60.9 Å². The Morgan fingerprint density at radius 2 is 2.00 bits per heavy atom. The van der Waals surface area contributed by atoms with Crippen molar-refractivity contribution in [3.63, 3.8) is 0 Å². The summed E-state index contributed by atoms with van der Waals surface area (Å²) in [5.41, 5.74) is 0.445. The van der Waals surface area contributed by atoms with Gasteiger partial charge in [0, 0.05) is 32.6 Å². The van der Waals surface area contributed by atoms with E-state index in [1.165, 1.54) is 6.42 Å². The molecular weight excluding hydrogens is 242 g/mol. The highest BCUT2D eigenvalue weighted by atomic mass is 16.2. The minimum absolute atomic E-state index is 0.135. The summed E-state index contributed by atoms with van der Waals surface area (Å²) in [6.45, 7) is 5.01. The van der Waals surface area contributed by atoms with Gasteiger partial charge in [0.15, 0.2) is 0 Å². The van der Waals surface area contributed by atoms with Crippen LogP contribution in [0, 0.1) is 5.41 Å². The third kappa shape index (κ3) is 2.61. The summed E-state index contributed by atoms with van der Waals surface area (Å²) >= 11 is 0. The molecule has 3 heterocycles. The zero-order valence-corrected chi connectivity index (χ0v) is 11.5. The molecule has 3 saturated heterocycles. The molecule has 19 heavy (non-hydrogen) atoms. The van der Waals surface area contributed by atoms with Crippen LogP contribution < -0.4 is 5.32 Å². The smallest absolute Gasteiger partial charge is 0.242 e. The molecule has 0 unspecified atom stereocenters. The van der Waals surface area contributed by atoms with Crippen LogP contribution in [0.3, 0.4) is 0 Å². The second-order valence-corrected chi connectivity index (χ2v) is 6.23. The minimum Gasteiger partial charge on any atom is -0.341 e. The first-order valence-electron chi connectivity index (χ1n) is 7.45. The minimum atomic E-state index is 0.135. The quantitative estimate of drug-likeness (QED) is 0.776. The van der Waals surface area contributed by atoms with Crippen molar-refractivity contribution >= 4 is 11.8 Å². The molecule has 0 saturated carbocycles. The lowest BCUT2D eigenvalue weighted by atomic mass is 9.78. The van der Waals surface area contributed by atoms with Gasteiger partial charge in [0.1, 0.15) is 0 Å². The standard InChI is InChI=1S/C14H23N3O2/c18-12-2-1-7-17(12)10-13(19)16-8-4-14(5-9-16)3-6-15-11-14/h15H,1-11H2. The van der Waals surface area contributed by atoms with Gasteiger partial charge in [0.05, 0.1) is 6.54 Å². The maximum Gasteiger partial charge on any atom is 0.242 e. The van der Waals surface area contributed by atoms with E-state index in [0.29, 0.717) is 18.4 Å². The van der Waals surface area contributed by atoms with E-state index >= 15 is 0 Å². The normalized spacial score (nSPS) is 26.4. The fourth-order valence-electron chi connectivity index (χ4n) is 3.59. The van der Waals surface area contributed by atoms with Crippen LogP contribution in [0.1, 0.15) is 32.1 Å². The molecular formula is C14H23N3O2. The van der Waals surface area contributed by atoms with Crippen molar-refractivity contribution in [2.45, 2.75) is 32.1 Å². The molecule has 0 aliphatic carbocycles. The van der Waals surface area contributed by atoms with Crippen LogP contribution in [-0.2, 0) is 9.59 Å². The Morgan fingerprint density at radius 1 is 1.21 bits per heavy atom. The molecule has 1 N–H and O–H groups in total. The molecule has 0 aromatic carbocycles. The zero-order chi connectivity index (χ0) is 13.3. The third-order valence-electron chi connectivity index (χ3n) is 5.01. The lowest BCUT2D eigenvalue weighted by Gasteiger charge is -2.39. The van der Waals surface area contributed by atoms with E-state index in [0.717, 1.165) is 52.0 Å². The fraction of sp³-hybridized carbons (Fsp3) is 0.857. The summed E-state index contributed by atoms with van der Waals surface area (Å²) in [5.74, 6) is 0.276. The lowest BCUT2D eigenvalue weighted by Crippen LogP contribution is -2.47. The maximum atomic E-state index is 12.2. The van der Waals surface area contributed by atoms with Crippen LogP contribution in [0.25, 0.3) is 0 Å². The molecule has 3 aliphatic heterocycles. The van der Waals surface area contributed by atoms with Crippen molar-refractivity contribution in [2.24, 2.45) is 5.41 Å². The highest BCUT2D eigenvalue weighted by Gasteiger charge is 2.38. The van der Waals surface area contributed by atoms with Gasteiger partial charge in [-0.2, -0.15) is 0 Å². The summed E-state index contributed by atoms with van der Waals surface area (Å²) in [4.78, 5) is 27.4. The van der Waals surface area contributed by atoms with E-state index in [2.05, 4.69) is 5.32 Å². The zero-order valence-electron chi connectivity index (χ0n) is 11.5. The predicted molar refractivity (Wildman–Crippen MR) is 71.5 cm³/mol. The van der Waals surface area contributed by atoms with Gasteiger partial charge >= 0.3 is 0 Å². The molecule has 3 aliphatic rings. The summed E-state index contributed by atoms with van der Waals surface area (Å²) in [6, 6.07) is 0. The lowest BCUT2D eigenvalue weighted by molar-refractivity contribution is -0.139. The molecule has 1 spiro atoms. The SMILES string of the molecule is O=C(CN1CCCC1=O)N1CCC2(CCNC2)CC1. The molecule has 3 fully saturated rings. The summed E-state index contributed by atoms with van der Waals surface area (Å²) in [7, 11) is 0. The molecule has 5 heteroatoms. The number of likely N-dealkylation sites (tertiary alicyclic amines) is 2. The number of carbonyl (C=O) groups excluding carboxylic acids is 2. The van der Waals surface area contributed by atoms with Crippen LogP contribution >= 0.6 is 0 Å². The van der Waals surface area contributed by atoms with E-state index < -0.39 is 0 Å². The summed E-state index contributed by atoms with van der Waals surface area (Å²) < 4.78 is 0. The topological polar surface area (TPSA) is 52.7 Å². The summed E-state index contributed by atoms with van der Waals surface area (Å²) in [5, 5.41) is 3.44. The third-order valence-corrected chi connectivity index (χ3v) is 5.01. The fourth-order valence-corrected chi connectivity index (χ4v) is 3.59. The van der Waals surface area contributed by atoms with Gasteiger partial charge in [-0.25, -0.2) is 0 Å². The van der Waals surface area contributed by atoms with Crippen molar-refractivity contribution in [3.8, 4) is 0 Å². The number of nitrogens with one attached hydrogen (secondary N) is 1. The van der Waals surface area contributed by atoms with E-state index in [9.17, 15) is 9.59 Å². The molecule has 0 radical (unpaired) electrons. The number of hydrogen-bond donors (Lipinski definition) is 1. The largest absolute Gasteiger partial charge is 0.341 e. The Balaban J connectivity index is 1.50. The molecule has 0 aromatic rings. The molecule has 5 nitrogen and oxygen atoms in total. The Kier molecular flexibility index (Phi) is 3.48. The molecule has 0 aromatic heterocycles. The Bertz CT molecular complexity index is 367. The molecule has 2 amide bonds. The van der Waals surface area contributed by atoms with Crippen LogP contribution in [0.5, 0.6) is 0 Å². The second kappa shape index (κ2) is 5.12. The van der Waals surface area contributed by atoms with Crippen molar-refractivity contribution in [1.82, 2.24) is 15.1 Å². The van der Waals surface area contributed by atoms with Crippen molar-refractivity contribution < 1.29 is 9.59 Å². The highest BCUT2D eigenvalue weighted by molar-refractivity contribution is 5.85. The van der Waals surface area contributed by atoms with Gasteiger partial charge < -0.3 is 15.1 Å². The summed E-state index contributed by atoms with van der Waals surface area (Å²) in [6.07, 6.45) is 4.99. The first kappa shape index (κ1) is 12.9. The maximum absolute atomic E-state index is 12.2. The number of hydrogen-bond acceptors (Lipinski definition) is 3. The van der Waals surface area contributed by atoms with Gasteiger partial charge in [-0.05, 0) is 37.6 Å². The molecule has 106 valence electrons. The van der Waals surface area contributed by atoms with Gasteiger partial charge in [-0.3, -0.25) is 9.59 Å². The van der Waals surface area contributed by atoms with E-state index in [1.54, 1.807) is 4.90 Å². The number of piperidine rings is 1. The van der Waals surface area contributed by atoms with Crippen LogP contribution in [0.4, 0.5) is 0 Å². The number of rotatable bonds is 2.